The van der Waals surface area contributed by atoms with E-state index in [0.717, 1.165) is 25.5 Å². The number of aromatic hydroxyl groups is 1. The highest BCUT2D eigenvalue weighted by Gasteiger charge is 2.51. The minimum Gasteiger partial charge on any atom is -0.503 e. The van der Waals surface area contributed by atoms with Gasteiger partial charge in [0.2, 0.25) is 5.43 Å². The number of carbonyl (C=O) groups excluding carboxylic acids is 2. The molecule has 3 aliphatic rings. The summed E-state index contributed by atoms with van der Waals surface area (Å²) in [4.78, 5) is 43.4. The van der Waals surface area contributed by atoms with Crippen molar-refractivity contribution in [2.75, 3.05) is 0 Å². The monoisotopic (exact) mass is 416 g/mol. The van der Waals surface area contributed by atoms with Crippen LogP contribution in [0.3, 0.4) is 0 Å². The number of aromatic nitrogens is 2. The second-order valence-corrected chi connectivity index (χ2v) is 7.99. The summed E-state index contributed by atoms with van der Waals surface area (Å²) in [6, 6.07) is 0.761. The lowest BCUT2D eigenvalue weighted by Gasteiger charge is -2.40. The lowest BCUT2D eigenvalue weighted by Crippen LogP contribution is -2.52. The molecule has 0 aromatic carbocycles. The highest BCUT2D eigenvalue weighted by atomic mass is 19.1. The Labute approximate surface area is 169 Å². The lowest BCUT2D eigenvalue weighted by molar-refractivity contribution is 0.0482. The molecule has 2 bridgehead atoms. The van der Waals surface area contributed by atoms with Gasteiger partial charge in [0.25, 0.3) is 11.8 Å². The predicted molar refractivity (Wildman–Crippen MR) is 98.8 cm³/mol. The van der Waals surface area contributed by atoms with Crippen LogP contribution in [0.4, 0.5) is 8.78 Å². The molecule has 2 fully saturated rings. The van der Waals surface area contributed by atoms with Gasteiger partial charge in [-0.15, -0.1) is 0 Å². The fraction of sp³-hybridized carbons (Fsp3) is 0.400. The Hall–Kier alpha value is -3.30. The van der Waals surface area contributed by atoms with Crippen LogP contribution in [0.2, 0.25) is 0 Å². The summed E-state index contributed by atoms with van der Waals surface area (Å²) in [5.41, 5.74) is -1.63. The predicted octanol–water partition coefficient (Wildman–Crippen LogP) is 1.16. The van der Waals surface area contributed by atoms with Crippen molar-refractivity contribution in [2.45, 2.75) is 44.4 Å². The van der Waals surface area contributed by atoms with Crippen molar-refractivity contribution in [3.05, 3.63) is 57.3 Å². The van der Waals surface area contributed by atoms with E-state index in [2.05, 4.69) is 10.3 Å². The molecule has 2 aromatic heterocycles. The first-order chi connectivity index (χ1) is 14.3. The highest BCUT2D eigenvalue weighted by molar-refractivity contribution is 5.99. The number of nitrogens with zero attached hydrogens (tertiary/aromatic N) is 3. The number of nitrogens with one attached hydrogen (secondary N) is 1. The summed E-state index contributed by atoms with van der Waals surface area (Å²) < 4.78 is 28.1. The average Bonchev–Trinajstić information content (AvgIpc) is 3.32. The average molecular weight is 416 g/mol. The van der Waals surface area contributed by atoms with Gasteiger partial charge in [0.1, 0.15) is 17.2 Å². The van der Waals surface area contributed by atoms with Crippen LogP contribution in [-0.4, -0.2) is 43.5 Å². The van der Waals surface area contributed by atoms with Gasteiger partial charge in [0, 0.05) is 24.8 Å². The van der Waals surface area contributed by atoms with Crippen LogP contribution >= 0.6 is 0 Å². The van der Waals surface area contributed by atoms with E-state index < -0.39 is 34.6 Å². The van der Waals surface area contributed by atoms with E-state index in [9.17, 15) is 28.3 Å². The van der Waals surface area contributed by atoms with E-state index >= 15 is 0 Å². The third-order valence-electron chi connectivity index (χ3n) is 6.36. The number of hydrogen-bond donors (Lipinski definition) is 2. The zero-order valence-electron chi connectivity index (χ0n) is 15.8. The number of halogens is 2. The van der Waals surface area contributed by atoms with Crippen molar-refractivity contribution < 1.29 is 23.5 Å². The van der Waals surface area contributed by atoms with Crippen molar-refractivity contribution in [1.29, 1.82) is 0 Å². The standard InChI is InChI=1S/C20H18F2N4O4/c21-10-4-13(22)14(23-5-10)6-24-19(29)12-7-25-8-15-9-1-2-11(3-9)26(15)20(30)16(25)18(28)17(12)27/h4-5,7,9,11,15,28H,1-3,6,8H2,(H,24,29)/t9-,11+,15-/m0/s1. The van der Waals surface area contributed by atoms with Crippen LogP contribution in [0.15, 0.2) is 23.3 Å². The molecular weight excluding hydrogens is 398 g/mol. The van der Waals surface area contributed by atoms with Crippen LogP contribution < -0.4 is 10.7 Å². The number of piperidine rings is 1. The smallest absolute Gasteiger partial charge is 0.275 e. The van der Waals surface area contributed by atoms with Crippen molar-refractivity contribution in [3.63, 3.8) is 0 Å². The number of rotatable bonds is 3. The minimum atomic E-state index is -0.970. The van der Waals surface area contributed by atoms with Crippen molar-refractivity contribution in [1.82, 2.24) is 19.8 Å². The molecule has 1 saturated carbocycles. The Bertz CT molecular complexity index is 1150. The number of amides is 2. The molecule has 5 rings (SSSR count). The zero-order chi connectivity index (χ0) is 21.2. The van der Waals surface area contributed by atoms with Crippen molar-refractivity contribution in [3.8, 4) is 5.75 Å². The van der Waals surface area contributed by atoms with Crippen LogP contribution in [0.1, 0.15) is 45.8 Å². The molecule has 2 amide bonds. The zero-order valence-corrected chi connectivity index (χ0v) is 15.8. The van der Waals surface area contributed by atoms with Crippen molar-refractivity contribution >= 4 is 11.8 Å². The fourth-order valence-electron chi connectivity index (χ4n) is 4.98. The van der Waals surface area contributed by atoms with Gasteiger partial charge in [0.05, 0.1) is 24.5 Å². The lowest BCUT2D eigenvalue weighted by atomic mass is 9.95. The molecule has 10 heteroatoms. The van der Waals surface area contributed by atoms with E-state index in [-0.39, 0.29) is 35.6 Å². The SMILES string of the molecule is O=C(NCc1ncc(F)cc1F)c1cn2c(c(O)c1=O)C(=O)N1[C@@H]3CC[C@@H](C3)[C@@H]1C2. The van der Waals surface area contributed by atoms with Crippen LogP contribution in [0.5, 0.6) is 5.75 Å². The van der Waals surface area contributed by atoms with Crippen LogP contribution in [0.25, 0.3) is 0 Å². The maximum Gasteiger partial charge on any atom is 0.275 e. The molecule has 2 N–H and O–H groups in total. The first kappa shape index (κ1) is 18.7. The Morgan fingerprint density at radius 1 is 1.30 bits per heavy atom. The molecule has 1 saturated heterocycles. The van der Waals surface area contributed by atoms with Crippen LogP contribution in [0, 0.1) is 17.6 Å². The van der Waals surface area contributed by atoms with E-state index in [1.54, 1.807) is 4.90 Å². The van der Waals surface area contributed by atoms with Gasteiger partial charge in [0.15, 0.2) is 11.4 Å². The van der Waals surface area contributed by atoms with Crippen molar-refractivity contribution in [2.24, 2.45) is 5.92 Å². The second kappa shape index (κ2) is 6.61. The number of carbonyl (C=O) groups is 2. The van der Waals surface area contributed by atoms with Gasteiger partial charge in [-0.2, -0.15) is 0 Å². The first-order valence-corrected chi connectivity index (χ1v) is 9.72. The minimum absolute atomic E-state index is 0.0147. The van der Waals surface area contributed by atoms with Gasteiger partial charge < -0.3 is 19.9 Å². The largest absolute Gasteiger partial charge is 0.503 e. The molecule has 156 valence electrons. The Morgan fingerprint density at radius 3 is 2.87 bits per heavy atom. The molecule has 4 heterocycles. The maximum absolute atomic E-state index is 13.7. The second-order valence-electron chi connectivity index (χ2n) is 7.99. The van der Waals surface area contributed by atoms with Crippen LogP contribution in [-0.2, 0) is 13.1 Å². The highest BCUT2D eigenvalue weighted by Crippen LogP contribution is 2.45. The Balaban J connectivity index is 1.44. The molecule has 0 spiro atoms. The van der Waals surface area contributed by atoms with Gasteiger partial charge in [-0.25, -0.2) is 8.78 Å². The molecule has 2 aromatic rings. The molecule has 0 radical (unpaired) electrons. The third kappa shape index (κ3) is 2.70. The van der Waals surface area contributed by atoms with E-state index in [4.69, 9.17) is 0 Å². The molecule has 3 atom stereocenters. The summed E-state index contributed by atoms with van der Waals surface area (Å²) in [6.45, 7) is 0.0243. The summed E-state index contributed by atoms with van der Waals surface area (Å²) in [5, 5.41) is 12.8. The Kier molecular flexibility index (Phi) is 4.12. The van der Waals surface area contributed by atoms with Gasteiger partial charge in [-0.3, -0.25) is 19.4 Å². The summed E-state index contributed by atoms with van der Waals surface area (Å²) in [7, 11) is 0. The molecular formula is C20H18F2N4O4. The van der Waals surface area contributed by atoms with E-state index in [1.807, 2.05) is 0 Å². The molecule has 30 heavy (non-hydrogen) atoms. The normalized spacial score (nSPS) is 24.0. The maximum atomic E-state index is 13.7. The summed E-state index contributed by atoms with van der Waals surface area (Å²) in [6.07, 6.45) is 4.95. The molecule has 0 unspecified atom stereocenters. The van der Waals surface area contributed by atoms with E-state index in [0.29, 0.717) is 18.5 Å². The van der Waals surface area contributed by atoms with Gasteiger partial charge in [-0.05, 0) is 25.2 Å². The fourth-order valence-corrected chi connectivity index (χ4v) is 4.98. The summed E-state index contributed by atoms with van der Waals surface area (Å²) in [5.74, 6) is -3.41. The number of hydrogen-bond acceptors (Lipinski definition) is 5. The third-order valence-corrected chi connectivity index (χ3v) is 6.36. The quantitative estimate of drug-likeness (QED) is 0.782. The molecule has 8 nitrogen and oxygen atoms in total. The van der Waals surface area contributed by atoms with E-state index in [1.165, 1.54) is 10.8 Å². The topological polar surface area (TPSA) is 105 Å². The number of fused-ring (bicyclic) bond motifs is 6. The molecule has 2 aliphatic heterocycles. The summed E-state index contributed by atoms with van der Waals surface area (Å²) >= 11 is 0. The van der Waals surface area contributed by atoms with Gasteiger partial charge >= 0.3 is 0 Å². The Morgan fingerprint density at radius 2 is 2.10 bits per heavy atom. The number of pyridine rings is 2. The first-order valence-electron chi connectivity index (χ1n) is 9.72. The molecule has 1 aliphatic carbocycles. The van der Waals surface area contributed by atoms with Gasteiger partial charge in [-0.1, -0.05) is 0 Å².